The Bertz CT molecular complexity index is 958. The van der Waals surface area contributed by atoms with E-state index in [-0.39, 0.29) is 37.4 Å². The molecule has 1 rings (SSSR count). The van der Waals surface area contributed by atoms with Gasteiger partial charge >= 0.3 is 5.97 Å². The molecule has 38 heavy (non-hydrogen) atoms. The van der Waals surface area contributed by atoms with E-state index >= 15 is 0 Å². The highest BCUT2D eigenvalue weighted by atomic mass is 32.2. The molecule has 0 saturated carbocycles. The summed E-state index contributed by atoms with van der Waals surface area (Å²) in [7, 11) is 0. The molecule has 1 aromatic carbocycles. The number of rotatable bonds is 17. The molecule has 0 bridgehead atoms. The number of nitrogens with two attached hydrogens (primary N) is 2. The van der Waals surface area contributed by atoms with Crippen LogP contribution in [0.3, 0.4) is 0 Å². The first kappa shape index (κ1) is 32.7. The van der Waals surface area contributed by atoms with Crippen molar-refractivity contribution in [3.8, 4) is 5.75 Å². The number of phenols is 1. The van der Waals surface area contributed by atoms with Gasteiger partial charge in [0.1, 0.15) is 23.9 Å². The van der Waals surface area contributed by atoms with E-state index in [1.165, 1.54) is 23.9 Å². The molecule has 0 radical (unpaired) electrons. The number of carbonyl (C=O) groups is 5. The molecule has 0 aliphatic heterocycles. The molecule has 4 atom stereocenters. The van der Waals surface area contributed by atoms with E-state index in [4.69, 9.17) is 11.5 Å². The van der Waals surface area contributed by atoms with Crippen molar-refractivity contribution >= 4 is 41.4 Å². The monoisotopic (exact) mass is 553 g/mol. The van der Waals surface area contributed by atoms with Crippen LogP contribution in [-0.4, -0.2) is 76.0 Å². The molecule has 212 valence electrons. The van der Waals surface area contributed by atoms with Gasteiger partial charge in [0.25, 0.3) is 0 Å². The molecule has 0 heterocycles. The second kappa shape index (κ2) is 16.5. The van der Waals surface area contributed by atoms with E-state index in [9.17, 15) is 34.2 Å². The summed E-state index contributed by atoms with van der Waals surface area (Å²) in [5.74, 6) is -3.34. The lowest BCUT2D eigenvalue weighted by Crippen LogP contribution is -2.58. The number of aromatic hydroxyl groups is 1. The standard InChI is InChI=1S/C25H39N5O7S/c1-14(2)12-19(23(34)28-18(25(36)37)8-9-21(27)32)30-24(35)20(13-15-4-6-16(31)7-5-15)29-22(33)17(26)10-11-38-3/h4-7,14,17-20,31H,8-13,26H2,1-3H3,(H2,27,32)(H,28,34)(H,29,33)(H,30,35)(H,36,37). The third-order valence-corrected chi connectivity index (χ3v) is 6.26. The molecule has 13 heteroatoms. The van der Waals surface area contributed by atoms with Crippen molar-refractivity contribution in [2.75, 3.05) is 12.0 Å². The first-order valence-corrected chi connectivity index (χ1v) is 13.7. The van der Waals surface area contributed by atoms with Gasteiger partial charge in [-0.25, -0.2) is 4.79 Å². The number of hydrogen-bond acceptors (Lipinski definition) is 8. The van der Waals surface area contributed by atoms with Gasteiger partial charge in [-0.05, 0) is 54.9 Å². The van der Waals surface area contributed by atoms with Crippen LogP contribution in [0.25, 0.3) is 0 Å². The van der Waals surface area contributed by atoms with Crippen LogP contribution in [0.5, 0.6) is 5.75 Å². The molecule has 9 N–H and O–H groups in total. The summed E-state index contributed by atoms with van der Waals surface area (Å²) in [5.41, 5.74) is 11.7. The second-order valence-corrected chi connectivity index (χ2v) is 10.4. The van der Waals surface area contributed by atoms with Crippen molar-refractivity contribution in [3.63, 3.8) is 0 Å². The highest BCUT2D eigenvalue weighted by Gasteiger charge is 2.31. The number of aliphatic carboxylic acids is 1. The summed E-state index contributed by atoms with van der Waals surface area (Å²) in [6.07, 6.45) is 2.09. The van der Waals surface area contributed by atoms with Crippen LogP contribution >= 0.6 is 11.8 Å². The van der Waals surface area contributed by atoms with E-state index in [2.05, 4.69) is 16.0 Å². The summed E-state index contributed by atoms with van der Waals surface area (Å²) >= 11 is 1.53. The Hall–Kier alpha value is -3.32. The first-order valence-electron chi connectivity index (χ1n) is 12.3. The van der Waals surface area contributed by atoms with Crippen molar-refractivity contribution in [2.45, 2.75) is 70.1 Å². The second-order valence-electron chi connectivity index (χ2n) is 9.41. The van der Waals surface area contributed by atoms with Crippen LogP contribution in [0.4, 0.5) is 0 Å². The lowest BCUT2D eigenvalue weighted by Gasteiger charge is -2.26. The molecule has 0 aromatic heterocycles. The predicted octanol–water partition coefficient (Wildman–Crippen LogP) is -0.134. The van der Waals surface area contributed by atoms with Crippen molar-refractivity contribution in [3.05, 3.63) is 29.8 Å². The number of carbonyl (C=O) groups excluding carboxylic acids is 4. The SMILES string of the molecule is CSCCC(N)C(=O)NC(Cc1ccc(O)cc1)C(=O)NC(CC(C)C)C(=O)NC(CCC(N)=O)C(=O)O. The summed E-state index contributed by atoms with van der Waals surface area (Å²) in [4.78, 5) is 61.7. The van der Waals surface area contributed by atoms with E-state index in [1.807, 2.05) is 20.1 Å². The molecule has 0 saturated heterocycles. The summed E-state index contributed by atoms with van der Waals surface area (Å²) < 4.78 is 0. The molecular formula is C25H39N5O7S. The molecular weight excluding hydrogens is 514 g/mol. The first-order chi connectivity index (χ1) is 17.8. The maximum Gasteiger partial charge on any atom is 0.326 e. The molecule has 1 aromatic rings. The van der Waals surface area contributed by atoms with E-state index in [0.29, 0.717) is 17.7 Å². The Kier molecular flexibility index (Phi) is 14.2. The fourth-order valence-electron chi connectivity index (χ4n) is 3.52. The number of hydrogen-bond donors (Lipinski definition) is 7. The van der Waals surface area contributed by atoms with Gasteiger partial charge in [0.05, 0.1) is 6.04 Å². The fraction of sp³-hybridized carbons (Fsp3) is 0.560. The normalized spacial score (nSPS) is 14.1. The number of amides is 4. The van der Waals surface area contributed by atoms with Crippen molar-refractivity contribution < 1.29 is 34.2 Å². The molecule has 4 amide bonds. The molecule has 12 nitrogen and oxygen atoms in total. The van der Waals surface area contributed by atoms with Crippen molar-refractivity contribution in [1.29, 1.82) is 0 Å². The average Bonchev–Trinajstić information content (AvgIpc) is 2.84. The number of primary amides is 1. The Morgan fingerprint density at radius 1 is 0.895 bits per heavy atom. The van der Waals surface area contributed by atoms with Crippen LogP contribution in [0.15, 0.2) is 24.3 Å². The third-order valence-electron chi connectivity index (χ3n) is 5.61. The Morgan fingerprint density at radius 3 is 1.97 bits per heavy atom. The zero-order chi connectivity index (χ0) is 28.8. The Balaban J connectivity index is 3.11. The molecule has 0 fully saturated rings. The van der Waals surface area contributed by atoms with Gasteiger partial charge in [0.15, 0.2) is 0 Å². The summed E-state index contributed by atoms with van der Waals surface area (Å²) in [5, 5.41) is 26.6. The third kappa shape index (κ3) is 12.3. The summed E-state index contributed by atoms with van der Waals surface area (Å²) in [6.45, 7) is 3.66. The van der Waals surface area contributed by atoms with E-state index in [0.717, 1.165) is 0 Å². The van der Waals surface area contributed by atoms with Crippen LogP contribution in [-0.2, 0) is 30.4 Å². The fourth-order valence-corrected chi connectivity index (χ4v) is 4.01. The van der Waals surface area contributed by atoms with Crippen LogP contribution in [0.2, 0.25) is 0 Å². The van der Waals surface area contributed by atoms with Crippen molar-refractivity contribution in [2.24, 2.45) is 17.4 Å². The lowest BCUT2D eigenvalue weighted by molar-refractivity contribution is -0.142. The van der Waals surface area contributed by atoms with Gasteiger partial charge in [-0.2, -0.15) is 11.8 Å². The topological polar surface area (TPSA) is 214 Å². The van der Waals surface area contributed by atoms with Crippen LogP contribution in [0.1, 0.15) is 45.1 Å². The highest BCUT2D eigenvalue weighted by molar-refractivity contribution is 7.98. The smallest absolute Gasteiger partial charge is 0.326 e. The average molecular weight is 554 g/mol. The van der Waals surface area contributed by atoms with Crippen LogP contribution in [0, 0.1) is 5.92 Å². The highest BCUT2D eigenvalue weighted by Crippen LogP contribution is 2.13. The molecule has 4 unspecified atom stereocenters. The van der Waals surface area contributed by atoms with Gasteiger partial charge < -0.3 is 37.6 Å². The molecule has 0 aliphatic rings. The Labute approximate surface area is 226 Å². The predicted molar refractivity (Wildman–Crippen MR) is 144 cm³/mol. The Morgan fingerprint density at radius 2 is 1.45 bits per heavy atom. The maximum absolute atomic E-state index is 13.3. The molecule has 0 spiro atoms. The zero-order valence-electron chi connectivity index (χ0n) is 21.9. The number of nitrogens with one attached hydrogen (secondary N) is 3. The quantitative estimate of drug-likeness (QED) is 0.137. The van der Waals surface area contributed by atoms with Gasteiger partial charge in [0.2, 0.25) is 23.6 Å². The maximum atomic E-state index is 13.3. The lowest BCUT2D eigenvalue weighted by atomic mass is 10.00. The van der Waals surface area contributed by atoms with E-state index < -0.39 is 53.8 Å². The number of carboxylic acid groups (broad SMARTS) is 1. The number of thioether (sulfide) groups is 1. The summed E-state index contributed by atoms with van der Waals surface area (Å²) in [6, 6.07) is 1.68. The van der Waals surface area contributed by atoms with Gasteiger partial charge in [0, 0.05) is 12.8 Å². The van der Waals surface area contributed by atoms with Gasteiger partial charge in [-0.3, -0.25) is 19.2 Å². The minimum Gasteiger partial charge on any atom is -0.508 e. The largest absolute Gasteiger partial charge is 0.508 e. The number of carboxylic acids is 1. The minimum atomic E-state index is -1.37. The van der Waals surface area contributed by atoms with Crippen molar-refractivity contribution in [1.82, 2.24) is 16.0 Å². The van der Waals surface area contributed by atoms with E-state index in [1.54, 1.807) is 12.1 Å². The zero-order valence-corrected chi connectivity index (χ0v) is 22.8. The van der Waals surface area contributed by atoms with Crippen LogP contribution < -0.4 is 27.4 Å². The molecule has 0 aliphatic carbocycles. The number of phenolic OH excluding ortho intramolecular Hbond substituents is 1. The number of benzene rings is 1. The van der Waals surface area contributed by atoms with Gasteiger partial charge in [-0.1, -0.05) is 26.0 Å². The van der Waals surface area contributed by atoms with Gasteiger partial charge in [-0.15, -0.1) is 0 Å². The minimum absolute atomic E-state index is 0.0378.